The topological polar surface area (TPSA) is 42.3 Å². The molecule has 3 nitrogen and oxygen atoms in total. The smallest absolute Gasteiger partial charge is 0.139 e. The Hall–Kier alpha value is -0.0431. The number of nitrogens with zero attached hydrogens (tertiary/aromatic N) is 2. The number of pyridine rings is 1. The SMILES string of the molecule is CC[Si](CC)(CC)c1c(Cl)cc(Br)nc1C(C)=N[S@](=O)CC(C)C. The summed E-state index contributed by atoms with van der Waals surface area (Å²) in [5.74, 6) is 0.906. The zero-order valence-electron chi connectivity index (χ0n) is 15.4. The molecule has 0 N–H and O–H groups in total. The molecule has 1 aromatic rings. The van der Waals surface area contributed by atoms with Crippen LogP contribution in [0.5, 0.6) is 0 Å². The van der Waals surface area contributed by atoms with Crippen LogP contribution in [-0.2, 0) is 11.0 Å². The van der Waals surface area contributed by atoms with E-state index in [9.17, 15) is 4.21 Å². The molecule has 0 aliphatic rings. The van der Waals surface area contributed by atoms with Crippen LogP contribution >= 0.6 is 27.5 Å². The highest BCUT2D eigenvalue weighted by atomic mass is 79.9. The molecule has 1 heterocycles. The maximum atomic E-state index is 12.2. The van der Waals surface area contributed by atoms with Crippen molar-refractivity contribution >= 4 is 57.5 Å². The fourth-order valence-corrected chi connectivity index (χ4v) is 9.30. The second kappa shape index (κ2) is 9.60. The lowest BCUT2D eigenvalue weighted by Gasteiger charge is -2.31. The average molecular weight is 452 g/mol. The van der Waals surface area contributed by atoms with Crippen LogP contribution in [0, 0.1) is 5.92 Å². The van der Waals surface area contributed by atoms with E-state index in [-0.39, 0.29) is 0 Å². The molecule has 1 aromatic heterocycles. The quantitative estimate of drug-likeness (QED) is 0.304. The third kappa shape index (κ3) is 5.23. The molecular formula is C17H28BrClN2OSSi. The van der Waals surface area contributed by atoms with Crippen LogP contribution < -0.4 is 5.19 Å². The van der Waals surface area contributed by atoms with Gasteiger partial charge in [-0.15, -0.1) is 0 Å². The van der Waals surface area contributed by atoms with Gasteiger partial charge in [-0.2, -0.15) is 4.40 Å². The molecule has 0 radical (unpaired) electrons. The summed E-state index contributed by atoms with van der Waals surface area (Å²) in [4.78, 5) is 4.68. The van der Waals surface area contributed by atoms with Crippen LogP contribution in [0.15, 0.2) is 15.1 Å². The zero-order chi connectivity index (χ0) is 18.5. The molecule has 0 unspecified atom stereocenters. The van der Waals surface area contributed by atoms with E-state index in [1.165, 1.54) is 5.19 Å². The zero-order valence-corrected chi connectivity index (χ0v) is 19.6. The van der Waals surface area contributed by atoms with Crippen molar-refractivity contribution < 1.29 is 4.21 Å². The molecule has 0 aliphatic carbocycles. The Morgan fingerprint density at radius 2 is 1.88 bits per heavy atom. The van der Waals surface area contributed by atoms with Gasteiger partial charge in [0.15, 0.2) is 0 Å². The predicted molar refractivity (Wildman–Crippen MR) is 114 cm³/mol. The van der Waals surface area contributed by atoms with Crippen LogP contribution in [0.4, 0.5) is 0 Å². The van der Waals surface area contributed by atoms with E-state index in [0.29, 0.717) is 16.3 Å². The summed E-state index contributed by atoms with van der Waals surface area (Å²) in [6, 6.07) is 5.21. The van der Waals surface area contributed by atoms with Crippen LogP contribution in [0.3, 0.4) is 0 Å². The summed E-state index contributed by atoms with van der Waals surface area (Å²) in [5, 5.41) is 1.93. The molecule has 0 saturated carbocycles. The Morgan fingerprint density at radius 1 is 1.33 bits per heavy atom. The second-order valence-corrected chi connectivity index (χ2v) is 14.1. The molecule has 136 valence electrons. The van der Waals surface area contributed by atoms with Crippen molar-refractivity contribution in [3.63, 3.8) is 0 Å². The number of hydrogen-bond acceptors (Lipinski definition) is 2. The molecule has 0 spiro atoms. The van der Waals surface area contributed by atoms with Gasteiger partial charge in [0.25, 0.3) is 0 Å². The number of aromatic nitrogens is 1. The molecule has 0 aliphatic heterocycles. The summed E-state index contributed by atoms with van der Waals surface area (Å²) in [6.07, 6.45) is 0. The first-order valence-electron chi connectivity index (χ1n) is 8.51. The van der Waals surface area contributed by atoms with E-state index < -0.39 is 19.1 Å². The fraction of sp³-hybridized carbons (Fsp3) is 0.647. The summed E-state index contributed by atoms with van der Waals surface area (Å²) < 4.78 is 17.4. The molecule has 1 atom stereocenters. The molecule has 0 fully saturated rings. The van der Waals surface area contributed by atoms with E-state index in [1.54, 1.807) is 0 Å². The van der Waals surface area contributed by atoms with Crippen LogP contribution in [0.25, 0.3) is 0 Å². The first kappa shape index (κ1) is 22.0. The van der Waals surface area contributed by atoms with Gasteiger partial charge in [0.05, 0.1) is 19.5 Å². The third-order valence-electron chi connectivity index (χ3n) is 4.56. The van der Waals surface area contributed by atoms with E-state index in [4.69, 9.17) is 11.6 Å². The van der Waals surface area contributed by atoms with Crippen molar-refractivity contribution in [1.82, 2.24) is 4.98 Å². The molecule has 24 heavy (non-hydrogen) atoms. The van der Waals surface area contributed by atoms with Gasteiger partial charge in [0, 0.05) is 10.8 Å². The number of rotatable bonds is 8. The number of halogens is 2. The van der Waals surface area contributed by atoms with Crippen molar-refractivity contribution in [3.8, 4) is 0 Å². The van der Waals surface area contributed by atoms with Gasteiger partial charge in [-0.1, -0.05) is 64.4 Å². The Kier molecular flexibility index (Phi) is 8.80. The highest BCUT2D eigenvalue weighted by molar-refractivity contribution is 9.10. The molecular weight excluding hydrogens is 424 g/mol. The summed E-state index contributed by atoms with van der Waals surface area (Å²) >= 11 is 10.1. The van der Waals surface area contributed by atoms with Gasteiger partial charge < -0.3 is 0 Å². The van der Waals surface area contributed by atoms with Gasteiger partial charge in [-0.25, -0.2) is 9.19 Å². The molecule has 0 bridgehead atoms. The normalized spacial score (nSPS) is 14.3. The molecule has 0 saturated heterocycles. The van der Waals surface area contributed by atoms with Crippen molar-refractivity contribution in [2.75, 3.05) is 5.75 Å². The van der Waals surface area contributed by atoms with E-state index in [1.807, 2.05) is 26.8 Å². The Morgan fingerprint density at radius 3 is 2.33 bits per heavy atom. The second-order valence-electron chi connectivity index (χ2n) is 6.55. The minimum absolute atomic E-state index is 0.344. The first-order chi connectivity index (χ1) is 11.2. The highest BCUT2D eigenvalue weighted by Gasteiger charge is 2.35. The fourth-order valence-electron chi connectivity index (χ4n) is 3.05. The maximum absolute atomic E-state index is 12.2. The predicted octanol–water partition coefficient (Wildman–Crippen LogP) is 5.34. The van der Waals surface area contributed by atoms with E-state index in [2.05, 4.69) is 46.1 Å². The molecule has 0 amide bonds. The maximum Gasteiger partial charge on any atom is 0.139 e. The Bertz CT molecular complexity index is 625. The van der Waals surface area contributed by atoms with Crippen molar-refractivity contribution in [3.05, 3.63) is 21.4 Å². The van der Waals surface area contributed by atoms with Gasteiger partial charge in [0.1, 0.15) is 15.6 Å². The Balaban J connectivity index is 3.53. The highest BCUT2D eigenvalue weighted by Crippen LogP contribution is 2.27. The Labute approximate surface area is 163 Å². The lowest BCUT2D eigenvalue weighted by molar-refractivity contribution is 0.666. The van der Waals surface area contributed by atoms with Crippen molar-refractivity contribution in [2.24, 2.45) is 10.3 Å². The third-order valence-corrected chi connectivity index (χ3v) is 12.5. The molecule has 7 heteroatoms. The standard InChI is InChI=1S/C17H28BrClN2OSSi/c1-7-24(8-2,9-3)17-14(19)10-15(18)20-16(17)13(6)21-23(22)11-12(4)5/h10,12H,7-9,11H2,1-6H3/t23-/m1/s1. The minimum atomic E-state index is -1.75. The lowest BCUT2D eigenvalue weighted by atomic mass is 10.2. The minimum Gasteiger partial charge on any atom is -0.240 e. The first-order valence-corrected chi connectivity index (χ1v) is 13.6. The van der Waals surface area contributed by atoms with Gasteiger partial charge in [-0.05, 0) is 40.0 Å². The van der Waals surface area contributed by atoms with Gasteiger partial charge in [0.2, 0.25) is 0 Å². The van der Waals surface area contributed by atoms with E-state index >= 15 is 0 Å². The van der Waals surface area contributed by atoms with Crippen molar-refractivity contribution in [1.29, 1.82) is 0 Å². The van der Waals surface area contributed by atoms with Crippen molar-refractivity contribution in [2.45, 2.75) is 59.7 Å². The van der Waals surface area contributed by atoms with Crippen LogP contribution in [0.1, 0.15) is 47.2 Å². The monoisotopic (exact) mass is 450 g/mol. The van der Waals surface area contributed by atoms with Gasteiger partial charge in [-0.3, -0.25) is 0 Å². The van der Waals surface area contributed by atoms with E-state index in [0.717, 1.165) is 34.6 Å². The largest absolute Gasteiger partial charge is 0.240 e. The molecule has 0 aromatic carbocycles. The van der Waals surface area contributed by atoms with Crippen LogP contribution in [0.2, 0.25) is 23.2 Å². The summed E-state index contributed by atoms with van der Waals surface area (Å²) in [5.41, 5.74) is 1.54. The number of hydrogen-bond donors (Lipinski definition) is 0. The molecule has 1 rings (SSSR count). The average Bonchev–Trinajstić information content (AvgIpc) is 2.49. The summed E-state index contributed by atoms with van der Waals surface area (Å²) in [7, 11) is -2.98. The van der Waals surface area contributed by atoms with Gasteiger partial charge >= 0.3 is 0 Å². The van der Waals surface area contributed by atoms with Crippen LogP contribution in [-0.4, -0.2) is 28.7 Å². The lowest BCUT2D eigenvalue weighted by Crippen LogP contribution is -2.49. The summed E-state index contributed by atoms with van der Waals surface area (Å²) in [6.45, 7) is 12.7.